The molecule has 0 bridgehead atoms. The normalized spacial score (nSPS) is 17.1. The highest BCUT2D eigenvalue weighted by Crippen LogP contribution is 2.42. The number of benzene rings is 1. The molecule has 1 aliphatic rings. The Kier molecular flexibility index (Phi) is 6.87. The van der Waals surface area contributed by atoms with E-state index in [0.29, 0.717) is 41.5 Å². The van der Waals surface area contributed by atoms with Crippen molar-refractivity contribution in [2.24, 2.45) is 0 Å². The van der Waals surface area contributed by atoms with E-state index in [1.165, 1.54) is 4.90 Å². The van der Waals surface area contributed by atoms with E-state index >= 15 is 0 Å². The van der Waals surface area contributed by atoms with Gasteiger partial charge in [-0.3, -0.25) is 19.6 Å². The zero-order valence-corrected chi connectivity index (χ0v) is 19.0. The van der Waals surface area contributed by atoms with Gasteiger partial charge in [0.05, 0.1) is 42.6 Å². The van der Waals surface area contributed by atoms with Crippen LogP contribution < -0.4 is 9.47 Å². The average molecular weight is 460 g/mol. The van der Waals surface area contributed by atoms with Crippen LogP contribution in [0.1, 0.15) is 36.7 Å². The minimum Gasteiger partial charge on any atom is -0.507 e. The number of carbonyl (C=O) groups excluding carboxylic acids is 2. The van der Waals surface area contributed by atoms with Crippen LogP contribution in [-0.4, -0.2) is 44.9 Å². The molecule has 4 rings (SSSR count). The van der Waals surface area contributed by atoms with Crippen molar-refractivity contribution >= 4 is 17.4 Å². The molecule has 2 aromatic heterocycles. The average Bonchev–Trinajstić information content (AvgIpc) is 3.10. The van der Waals surface area contributed by atoms with E-state index in [2.05, 4.69) is 9.97 Å². The molecule has 1 aromatic carbocycles. The van der Waals surface area contributed by atoms with Gasteiger partial charge in [-0.05, 0) is 55.8 Å². The van der Waals surface area contributed by atoms with E-state index in [0.717, 1.165) is 0 Å². The zero-order valence-electron chi connectivity index (χ0n) is 19.0. The first kappa shape index (κ1) is 23.0. The van der Waals surface area contributed by atoms with E-state index in [9.17, 15) is 14.7 Å². The molecule has 0 spiro atoms. The first-order chi connectivity index (χ1) is 16.5. The van der Waals surface area contributed by atoms with Gasteiger partial charge in [0, 0.05) is 24.7 Å². The quantitative estimate of drug-likeness (QED) is 0.310. The number of aliphatic hydroxyl groups is 1. The second kappa shape index (κ2) is 10.2. The lowest BCUT2D eigenvalue weighted by Crippen LogP contribution is -2.29. The van der Waals surface area contributed by atoms with Gasteiger partial charge in [0.2, 0.25) is 0 Å². The number of hydrogen-bond donors (Lipinski definition) is 1. The summed E-state index contributed by atoms with van der Waals surface area (Å²) in [6.45, 7) is 4.61. The first-order valence-corrected chi connectivity index (χ1v) is 11.0. The highest BCUT2D eigenvalue weighted by Gasteiger charge is 2.46. The highest BCUT2D eigenvalue weighted by atomic mass is 16.5. The van der Waals surface area contributed by atoms with Gasteiger partial charge < -0.3 is 19.5 Å². The minimum atomic E-state index is -0.814. The molecule has 1 fully saturated rings. The van der Waals surface area contributed by atoms with Gasteiger partial charge >= 0.3 is 0 Å². The molecule has 1 N–H and O–H groups in total. The smallest absolute Gasteiger partial charge is 0.296 e. The van der Waals surface area contributed by atoms with Gasteiger partial charge in [0.15, 0.2) is 0 Å². The predicted octanol–water partition coefficient (Wildman–Crippen LogP) is 3.90. The number of ketones is 1. The van der Waals surface area contributed by atoms with E-state index in [-0.39, 0.29) is 17.9 Å². The molecule has 1 amide bonds. The number of aromatic nitrogens is 2. The molecule has 34 heavy (non-hydrogen) atoms. The molecular formula is C26H25N3O5. The third-order valence-corrected chi connectivity index (χ3v) is 5.44. The Morgan fingerprint density at radius 1 is 1.00 bits per heavy atom. The molecule has 0 saturated carbocycles. The molecule has 174 valence electrons. The van der Waals surface area contributed by atoms with Crippen LogP contribution in [0.2, 0.25) is 0 Å². The number of nitrogens with zero attached hydrogens (tertiary/aromatic N) is 3. The summed E-state index contributed by atoms with van der Waals surface area (Å²) in [7, 11) is 0. The molecule has 0 radical (unpaired) electrons. The van der Waals surface area contributed by atoms with Crippen molar-refractivity contribution in [2.45, 2.75) is 26.4 Å². The third-order valence-electron chi connectivity index (χ3n) is 5.44. The molecule has 8 heteroatoms. The number of Topliss-reactive ketones (excluding diaryl/α,β-unsaturated/α-hetero) is 1. The Hall–Kier alpha value is -4.20. The Balaban J connectivity index is 1.86. The van der Waals surface area contributed by atoms with Crippen LogP contribution in [0.4, 0.5) is 0 Å². The van der Waals surface area contributed by atoms with Crippen molar-refractivity contribution in [3.8, 4) is 11.5 Å². The maximum atomic E-state index is 13.2. The summed E-state index contributed by atoms with van der Waals surface area (Å²) in [6, 6.07) is 13.0. The van der Waals surface area contributed by atoms with Crippen LogP contribution in [0.3, 0.4) is 0 Å². The van der Waals surface area contributed by atoms with Crippen molar-refractivity contribution in [1.29, 1.82) is 0 Å². The summed E-state index contributed by atoms with van der Waals surface area (Å²) in [5, 5.41) is 11.4. The predicted molar refractivity (Wildman–Crippen MR) is 125 cm³/mol. The fourth-order valence-corrected chi connectivity index (χ4v) is 3.98. The highest BCUT2D eigenvalue weighted by molar-refractivity contribution is 6.46. The van der Waals surface area contributed by atoms with E-state index in [1.807, 2.05) is 19.9 Å². The fraction of sp³-hybridized carbons (Fsp3) is 0.231. The number of aliphatic hydroxyl groups excluding tert-OH is 1. The monoisotopic (exact) mass is 459 g/mol. The summed E-state index contributed by atoms with van der Waals surface area (Å²) in [4.78, 5) is 36.1. The number of pyridine rings is 2. The fourth-order valence-electron chi connectivity index (χ4n) is 3.98. The second-order valence-corrected chi connectivity index (χ2v) is 7.55. The molecular weight excluding hydrogens is 434 g/mol. The number of amides is 1. The molecule has 1 unspecified atom stereocenters. The van der Waals surface area contributed by atoms with Crippen LogP contribution in [-0.2, 0) is 16.1 Å². The SMILES string of the molecule is CCOc1ccc(/C(O)=C2/C(=O)C(=O)N(Cc3ccccn3)C2c2ccncc2)c(OCC)c1. The maximum Gasteiger partial charge on any atom is 0.296 e. The van der Waals surface area contributed by atoms with Gasteiger partial charge in [-0.1, -0.05) is 6.07 Å². The van der Waals surface area contributed by atoms with Crippen molar-refractivity contribution in [2.75, 3.05) is 13.2 Å². The summed E-state index contributed by atoms with van der Waals surface area (Å²) in [5.74, 6) is -0.862. The summed E-state index contributed by atoms with van der Waals surface area (Å²) in [5.41, 5.74) is 1.56. The summed E-state index contributed by atoms with van der Waals surface area (Å²) >= 11 is 0. The van der Waals surface area contributed by atoms with E-state index in [1.54, 1.807) is 61.1 Å². The van der Waals surface area contributed by atoms with Gasteiger partial charge in [0.25, 0.3) is 11.7 Å². The van der Waals surface area contributed by atoms with E-state index in [4.69, 9.17) is 9.47 Å². The maximum absolute atomic E-state index is 13.2. The molecule has 1 aliphatic heterocycles. The van der Waals surface area contributed by atoms with Gasteiger partial charge in [-0.15, -0.1) is 0 Å². The zero-order chi connectivity index (χ0) is 24.1. The Labute approximate surface area is 197 Å². The van der Waals surface area contributed by atoms with Crippen molar-refractivity contribution < 1.29 is 24.2 Å². The molecule has 3 heterocycles. The molecule has 1 saturated heterocycles. The Morgan fingerprint density at radius 3 is 2.44 bits per heavy atom. The van der Waals surface area contributed by atoms with Gasteiger partial charge in [0.1, 0.15) is 17.3 Å². The summed E-state index contributed by atoms with van der Waals surface area (Å²) < 4.78 is 11.3. The lowest BCUT2D eigenvalue weighted by molar-refractivity contribution is -0.140. The largest absolute Gasteiger partial charge is 0.507 e. The number of rotatable bonds is 8. The first-order valence-electron chi connectivity index (χ1n) is 11.0. The van der Waals surface area contributed by atoms with Crippen LogP contribution in [0.15, 0.2) is 72.7 Å². The molecule has 1 atom stereocenters. The van der Waals surface area contributed by atoms with Crippen LogP contribution in [0, 0.1) is 0 Å². The molecule has 0 aliphatic carbocycles. The second-order valence-electron chi connectivity index (χ2n) is 7.55. The number of hydrogen-bond acceptors (Lipinski definition) is 7. The van der Waals surface area contributed by atoms with Crippen molar-refractivity contribution in [3.63, 3.8) is 0 Å². The number of likely N-dealkylation sites (tertiary alicyclic amines) is 1. The Bertz CT molecular complexity index is 1210. The molecule has 3 aromatic rings. The third kappa shape index (κ3) is 4.47. The number of ether oxygens (including phenoxy) is 2. The lowest BCUT2D eigenvalue weighted by Gasteiger charge is -2.25. The van der Waals surface area contributed by atoms with Crippen molar-refractivity contribution in [3.05, 3.63) is 89.5 Å². The van der Waals surface area contributed by atoms with Crippen LogP contribution >= 0.6 is 0 Å². The lowest BCUT2D eigenvalue weighted by atomic mass is 9.95. The van der Waals surface area contributed by atoms with Gasteiger partial charge in [-0.2, -0.15) is 0 Å². The van der Waals surface area contributed by atoms with Crippen LogP contribution in [0.25, 0.3) is 5.76 Å². The topological polar surface area (TPSA) is 102 Å². The minimum absolute atomic E-state index is 0.0164. The van der Waals surface area contributed by atoms with Gasteiger partial charge in [-0.25, -0.2) is 0 Å². The summed E-state index contributed by atoms with van der Waals surface area (Å²) in [6.07, 6.45) is 4.79. The number of carbonyl (C=O) groups is 2. The van der Waals surface area contributed by atoms with Crippen molar-refractivity contribution in [1.82, 2.24) is 14.9 Å². The Morgan fingerprint density at radius 2 is 1.76 bits per heavy atom. The van der Waals surface area contributed by atoms with E-state index < -0.39 is 17.7 Å². The molecule has 8 nitrogen and oxygen atoms in total. The standard InChI is InChI=1S/C26H25N3O5/c1-3-33-19-8-9-20(21(15-19)34-4-2)24(30)22-23(17-10-13-27-14-11-17)29(26(32)25(22)31)16-18-7-5-6-12-28-18/h5-15,23,30H,3-4,16H2,1-2H3/b24-22-. The van der Waals surface area contributed by atoms with Crippen LogP contribution in [0.5, 0.6) is 11.5 Å².